The standard InChI is InChI=1S/C6H11NO6/c7-5-3(10)1(8)2(9)4(13-5)6(11)12/h1-5,8-10H,7H2,(H,11,12). The van der Waals surface area contributed by atoms with E-state index in [4.69, 9.17) is 26.2 Å². The number of carboxylic acids is 1. The molecule has 7 heteroatoms. The molecule has 6 N–H and O–H groups in total. The first-order valence-electron chi connectivity index (χ1n) is 3.63. The van der Waals surface area contributed by atoms with Crippen LogP contribution in [-0.2, 0) is 9.53 Å². The summed E-state index contributed by atoms with van der Waals surface area (Å²) in [6.07, 6.45) is -7.67. The van der Waals surface area contributed by atoms with E-state index in [2.05, 4.69) is 4.74 Å². The van der Waals surface area contributed by atoms with Crippen molar-refractivity contribution in [3.8, 4) is 0 Å². The zero-order chi connectivity index (χ0) is 10.2. The molecule has 1 heterocycles. The largest absolute Gasteiger partial charge is 0.479 e. The third-order valence-corrected chi connectivity index (χ3v) is 1.89. The normalized spacial score (nSPS) is 46.0. The van der Waals surface area contributed by atoms with E-state index in [9.17, 15) is 4.79 Å². The Kier molecular flexibility index (Phi) is 2.84. The second kappa shape index (κ2) is 3.56. The predicted molar refractivity (Wildman–Crippen MR) is 38.5 cm³/mol. The number of aliphatic hydroxyl groups is 3. The SMILES string of the molecule is NC1OC(C(=O)O)C(O)C(O)C1O. The van der Waals surface area contributed by atoms with Gasteiger partial charge in [0.2, 0.25) is 0 Å². The highest BCUT2D eigenvalue weighted by molar-refractivity contribution is 5.73. The van der Waals surface area contributed by atoms with Crippen molar-refractivity contribution < 1.29 is 30.0 Å². The molecule has 5 unspecified atom stereocenters. The van der Waals surface area contributed by atoms with Gasteiger partial charge in [-0.15, -0.1) is 0 Å². The summed E-state index contributed by atoms with van der Waals surface area (Å²) in [5.74, 6) is -1.44. The minimum Gasteiger partial charge on any atom is -0.479 e. The molecule has 13 heavy (non-hydrogen) atoms. The maximum atomic E-state index is 10.4. The molecule has 0 radical (unpaired) electrons. The van der Waals surface area contributed by atoms with Crippen LogP contribution in [0.5, 0.6) is 0 Å². The van der Waals surface area contributed by atoms with Crippen LogP contribution >= 0.6 is 0 Å². The van der Waals surface area contributed by atoms with E-state index in [-0.39, 0.29) is 0 Å². The van der Waals surface area contributed by atoms with Crippen LogP contribution in [0.2, 0.25) is 0 Å². The highest BCUT2D eigenvalue weighted by Gasteiger charge is 2.45. The summed E-state index contributed by atoms with van der Waals surface area (Å²) >= 11 is 0. The molecular formula is C6H11NO6. The lowest BCUT2D eigenvalue weighted by atomic mass is 9.98. The van der Waals surface area contributed by atoms with Crippen molar-refractivity contribution in [3.05, 3.63) is 0 Å². The van der Waals surface area contributed by atoms with E-state index in [1.807, 2.05) is 0 Å². The fourth-order valence-corrected chi connectivity index (χ4v) is 1.11. The van der Waals surface area contributed by atoms with Crippen LogP contribution in [0.3, 0.4) is 0 Å². The molecule has 0 amide bonds. The summed E-state index contributed by atoms with van der Waals surface area (Å²) in [6, 6.07) is 0. The van der Waals surface area contributed by atoms with Gasteiger partial charge in [0, 0.05) is 0 Å². The summed E-state index contributed by atoms with van der Waals surface area (Å²) in [5, 5.41) is 35.8. The number of hydrogen-bond donors (Lipinski definition) is 5. The van der Waals surface area contributed by atoms with Crippen LogP contribution in [-0.4, -0.2) is 57.0 Å². The van der Waals surface area contributed by atoms with Gasteiger partial charge >= 0.3 is 5.97 Å². The molecule has 0 aromatic rings. The molecule has 1 fully saturated rings. The molecule has 0 bridgehead atoms. The van der Waals surface area contributed by atoms with Gasteiger partial charge in [-0.1, -0.05) is 0 Å². The first-order valence-corrected chi connectivity index (χ1v) is 3.63. The van der Waals surface area contributed by atoms with Crippen molar-refractivity contribution in [3.63, 3.8) is 0 Å². The lowest BCUT2D eigenvalue weighted by Gasteiger charge is -2.36. The highest BCUT2D eigenvalue weighted by Crippen LogP contribution is 2.18. The van der Waals surface area contributed by atoms with Gasteiger partial charge in [0.1, 0.15) is 24.5 Å². The van der Waals surface area contributed by atoms with E-state index < -0.39 is 36.6 Å². The van der Waals surface area contributed by atoms with Crippen molar-refractivity contribution in [2.24, 2.45) is 5.73 Å². The summed E-state index contributed by atoms with van der Waals surface area (Å²) in [5.41, 5.74) is 5.15. The van der Waals surface area contributed by atoms with Gasteiger partial charge in [-0.25, -0.2) is 4.79 Å². The van der Waals surface area contributed by atoms with Crippen molar-refractivity contribution in [2.75, 3.05) is 0 Å². The fraction of sp³-hybridized carbons (Fsp3) is 0.833. The van der Waals surface area contributed by atoms with Crippen LogP contribution < -0.4 is 5.73 Å². The van der Waals surface area contributed by atoms with Gasteiger partial charge < -0.3 is 30.9 Å². The number of carbonyl (C=O) groups is 1. The number of aliphatic hydroxyl groups excluding tert-OH is 3. The van der Waals surface area contributed by atoms with E-state index in [0.717, 1.165) is 0 Å². The number of ether oxygens (including phenoxy) is 1. The second-order valence-electron chi connectivity index (χ2n) is 2.83. The summed E-state index contributed by atoms with van der Waals surface area (Å²) in [6.45, 7) is 0. The fourth-order valence-electron chi connectivity index (χ4n) is 1.11. The van der Waals surface area contributed by atoms with Crippen molar-refractivity contribution >= 4 is 5.97 Å². The Balaban J connectivity index is 2.76. The molecule has 1 aliphatic rings. The summed E-state index contributed by atoms with van der Waals surface area (Å²) in [7, 11) is 0. The lowest BCUT2D eigenvalue weighted by Crippen LogP contribution is -2.62. The molecule has 5 atom stereocenters. The van der Waals surface area contributed by atoms with Crippen LogP contribution in [0.25, 0.3) is 0 Å². The molecule has 1 aliphatic heterocycles. The zero-order valence-electron chi connectivity index (χ0n) is 6.57. The van der Waals surface area contributed by atoms with Crippen molar-refractivity contribution in [1.82, 2.24) is 0 Å². The summed E-state index contributed by atoms with van der Waals surface area (Å²) in [4.78, 5) is 10.4. The third-order valence-electron chi connectivity index (χ3n) is 1.89. The number of carboxylic acid groups (broad SMARTS) is 1. The Bertz CT molecular complexity index is 209. The molecule has 7 nitrogen and oxygen atoms in total. The van der Waals surface area contributed by atoms with E-state index in [0.29, 0.717) is 0 Å². The molecule has 0 spiro atoms. The Morgan fingerprint density at radius 2 is 1.69 bits per heavy atom. The van der Waals surface area contributed by atoms with Gasteiger partial charge in [-0.05, 0) is 0 Å². The Morgan fingerprint density at radius 3 is 2.15 bits per heavy atom. The second-order valence-corrected chi connectivity index (χ2v) is 2.83. The Labute approximate surface area is 73.4 Å². The van der Waals surface area contributed by atoms with Gasteiger partial charge in [0.25, 0.3) is 0 Å². The maximum absolute atomic E-state index is 10.4. The Hall–Kier alpha value is -0.730. The van der Waals surface area contributed by atoms with E-state index >= 15 is 0 Å². The first kappa shape index (κ1) is 10.4. The van der Waals surface area contributed by atoms with E-state index in [1.54, 1.807) is 0 Å². The molecule has 1 rings (SSSR count). The number of aliphatic carboxylic acids is 1. The molecule has 0 aromatic heterocycles. The first-order chi connectivity index (χ1) is 5.95. The van der Waals surface area contributed by atoms with Crippen LogP contribution in [0.1, 0.15) is 0 Å². The molecule has 76 valence electrons. The van der Waals surface area contributed by atoms with Gasteiger partial charge in [-0.3, -0.25) is 0 Å². The number of hydrogen-bond acceptors (Lipinski definition) is 6. The molecule has 1 saturated heterocycles. The molecular weight excluding hydrogens is 182 g/mol. The monoisotopic (exact) mass is 193 g/mol. The highest BCUT2D eigenvalue weighted by atomic mass is 16.6. The Morgan fingerprint density at radius 1 is 1.15 bits per heavy atom. The van der Waals surface area contributed by atoms with Crippen molar-refractivity contribution in [2.45, 2.75) is 30.6 Å². The van der Waals surface area contributed by atoms with Gasteiger partial charge in [0.15, 0.2) is 6.10 Å². The van der Waals surface area contributed by atoms with Crippen LogP contribution in [0.15, 0.2) is 0 Å². The topological polar surface area (TPSA) is 133 Å². The average molecular weight is 193 g/mol. The summed E-state index contributed by atoms with van der Waals surface area (Å²) < 4.78 is 4.56. The number of rotatable bonds is 1. The maximum Gasteiger partial charge on any atom is 0.335 e. The minimum atomic E-state index is -1.67. The molecule has 0 aromatic carbocycles. The molecule has 0 aliphatic carbocycles. The van der Waals surface area contributed by atoms with Crippen molar-refractivity contribution in [1.29, 1.82) is 0 Å². The third kappa shape index (κ3) is 1.79. The van der Waals surface area contributed by atoms with Gasteiger partial charge in [-0.2, -0.15) is 0 Å². The quantitative estimate of drug-likeness (QED) is 0.296. The lowest BCUT2D eigenvalue weighted by molar-refractivity contribution is -0.226. The van der Waals surface area contributed by atoms with Crippen LogP contribution in [0.4, 0.5) is 0 Å². The number of nitrogens with two attached hydrogens (primary N) is 1. The smallest absolute Gasteiger partial charge is 0.335 e. The average Bonchev–Trinajstić information content (AvgIpc) is 2.07. The molecule has 0 saturated carbocycles. The zero-order valence-corrected chi connectivity index (χ0v) is 6.57. The van der Waals surface area contributed by atoms with Crippen LogP contribution in [0, 0.1) is 0 Å². The van der Waals surface area contributed by atoms with Gasteiger partial charge in [0.05, 0.1) is 0 Å². The minimum absolute atomic E-state index is 1.31. The predicted octanol–water partition coefficient (Wildman–Crippen LogP) is -3.16. The van der Waals surface area contributed by atoms with E-state index in [1.165, 1.54) is 0 Å².